The van der Waals surface area contributed by atoms with Crippen molar-refractivity contribution in [3.8, 4) is 56.7 Å². The van der Waals surface area contributed by atoms with Gasteiger partial charge in [0.15, 0.2) is 17.5 Å². The Morgan fingerprint density at radius 2 is 0.800 bits per heavy atom. The van der Waals surface area contributed by atoms with Crippen LogP contribution in [0.2, 0.25) is 0 Å². The second-order valence-corrected chi connectivity index (χ2v) is 20.1. The minimum atomic E-state index is 0.620. The lowest BCUT2D eigenvalue weighted by molar-refractivity contribution is 1.07. The van der Waals surface area contributed by atoms with Crippen LogP contribution < -0.4 is 0 Å². The largest absolute Gasteiger partial charge is 0.307 e. The summed E-state index contributed by atoms with van der Waals surface area (Å²) in [4.78, 5) is 16.1. The SMILES string of the molecule is c1ccc(-c2cccc3sc4cc(-c5nc(-c6ccc7c(c6)sc6ccccc67)nc(-c6ccc7c8ccccc8n(-c8cccc9c%10ccccc%10n(-c%10ccccc%10)c89)c7c6)n5)ccc4c23)cc1. The van der Waals surface area contributed by atoms with E-state index < -0.39 is 0 Å². The van der Waals surface area contributed by atoms with E-state index in [1.807, 2.05) is 11.3 Å². The Balaban J connectivity index is 0.960. The molecule has 0 saturated heterocycles. The van der Waals surface area contributed by atoms with Crippen molar-refractivity contribution < 1.29 is 0 Å². The van der Waals surface area contributed by atoms with Gasteiger partial charge in [0.1, 0.15) is 0 Å². The van der Waals surface area contributed by atoms with E-state index in [4.69, 9.17) is 15.0 Å². The third kappa shape index (κ3) is 5.99. The van der Waals surface area contributed by atoms with Crippen molar-refractivity contribution in [3.05, 3.63) is 224 Å². The number of para-hydroxylation sites is 4. The van der Waals surface area contributed by atoms with Crippen LogP contribution in [0.1, 0.15) is 0 Å². The molecule has 0 aliphatic rings. The quantitative estimate of drug-likeness (QED) is 0.167. The van der Waals surface area contributed by atoms with E-state index in [0.29, 0.717) is 17.5 Å². The van der Waals surface area contributed by atoms with Gasteiger partial charge >= 0.3 is 0 Å². The van der Waals surface area contributed by atoms with Crippen LogP contribution in [0.3, 0.4) is 0 Å². The maximum Gasteiger partial charge on any atom is 0.164 e. The van der Waals surface area contributed by atoms with Crippen molar-refractivity contribution in [1.29, 1.82) is 0 Å². The third-order valence-electron chi connectivity index (χ3n) is 14.0. The van der Waals surface area contributed by atoms with Crippen LogP contribution in [-0.2, 0) is 0 Å². The van der Waals surface area contributed by atoms with Gasteiger partial charge in [-0.2, -0.15) is 0 Å². The highest BCUT2D eigenvalue weighted by atomic mass is 32.1. The fraction of sp³-hybridized carbons (Fsp3) is 0. The number of benzene rings is 10. The highest BCUT2D eigenvalue weighted by Gasteiger charge is 2.22. The second kappa shape index (κ2) is 15.4. The van der Waals surface area contributed by atoms with Gasteiger partial charge in [-0.15, -0.1) is 22.7 Å². The summed E-state index contributed by atoms with van der Waals surface area (Å²) in [7, 11) is 0. The summed E-state index contributed by atoms with van der Waals surface area (Å²) < 4.78 is 9.77. The number of rotatable bonds is 6. The number of fused-ring (bicyclic) bond motifs is 12. The maximum atomic E-state index is 5.39. The topological polar surface area (TPSA) is 48.5 Å². The van der Waals surface area contributed by atoms with Gasteiger partial charge in [0.25, 0.3) is 0 Å². The van der Waals surface area contributed by atoms with Crippen molar-refractivity contribution in [1.82, 2.24) is 24.1 Å². The van der Waals surface area contributed by atoms with Crippen LogP contribution in [0.25, 0.3) is 141 Å². The number of thiophene rings is 2. The monoisotopic (exact) mass is 927 g/mol. The molecule has 0 aliphatic heterocycles. The van der Waals surface area contributed by atoms with E-state index in [1.54, 1.807) is 11.3 Å². The molecule has 0 radical (unpaired) electrons. The zero-order chi connectivity index (χ0) is 45.9. The van der Waals surface area contributed by atoms with Gasteiger partial charge in [-0.1, -0.05) is 164 Å². The molecule has 0 bridgehead atoms. The first-order valence-electron chi connectivity index (χ1n) is 23.5. The molecular weight excluding hydrogens is 891 g/mol. The molecule has 0 amide bonds. The molecule has 0 fully saturated rings. The second-order valence-electron chi connectivity index (χ2n) is 17.9. The van der Waals surface area contributed by atoms with Crippen molar-refractivity contribution in [2.45, 2.75) is 0 Å². The van der Waals surface area contributed by atoms with Crippen LogP contribution in [0.4, 0.5) is 0 Å². The van der Waals surface area contributed by atoms with Crippen molar-refractivity contribution in [2.24, 2.45) is 0 Å². The molecule has 0 spiro atoms. The Bertz CT molecular complexity index is 4600. The Labute approximate surface area is 409 Å². The number of aromatic nitrogens is 5. The van der Waals surface area contributed by atoms with E-state index in [1.165, 1.54) is 73.1 Å². The summed E-state index contributed by atoms with van der Waals surface area (Å²) in [6, 6.07) is 80.9. The molecule has 0 saturated carbocycles. The molecule has 15 rings (SSSR count). The molecule has 70 heavy (non-hydrogen) atoms. The van der Waals surface area contributed by atoms with Gasteiger partial charge in [-0.05, 0) is 71.8 Å². The minimum absolute atomic E-state index is 0.620. The Morgan fingerprint density at radius 3 is 1.54 bits per heavy atom. The van der Waals surface area contributed by atoms with Gasteiger partial charge in [0, 0.05) is 84.3 Å². The summed E-state index contributed by atoms with van der Waals surface area (Å²) in [6.07, 6.45) is 0. The summed E-state index contributed by atoms with van der Waals surface area (Å²) in [6.45, 7) is 0. The summed E-state index contributed by atoms with van der Waals surface area (Å²) in [5.41, 5.74) is 12.0. The molecule has 0 aliphatic carbocycles. The van der Waals surface area contributed by atoms with Crippen molar-refractivity contribution >= 4 is 107 Å². The van der Waals surface area contributed by atoms with Gasteiger partial charge in [-0.3, -0.25) is 0 Å². The molecule has 326 valence electrons. The summed E-state index contributed by atoms with van der Waals surface area (Å²) >= 11 is 3.62. The van der Waals surface area contributed by atoms with Crippen LogP contribution in [0.5, 0.6) is 0 Å². The highest BCUT2D eigenvalue weighted by molar-refractivity contribution is 7.26. The minimum Gasteiger partial charge on any atom is -0.307 e. The normalized spacial score (nSPS) is 12.0. The zero-order valence-electron chi connectivity index (χ0n) is 37.4. The standard InChI is InChI=1S/C63H37N5S2/c1-3-15-38(16-4-1)43-22-14-28-56-59(43)50-34-31-41(37-58(50)70-56)63-65-61(64-62(66-63)40-30-33-48-47-21-9-12-27-55(47)69-57(48)36-40)39-29-32-46-44-19-7-11-25-52(44)68(54(46)35-39)53-26-13-23-49-45-20-8-10-24-51(45)67(60(49)53)42-17-5-2-6-18-42/h1-37H. The lowest BCUT2D eigenvalue weighted by Gasteiger charge is -2.14. The first kappa shape index (κ1) is 39.3. The van der Waals surface area contributed by atoms with Gasteiger partial charge in [0.05, 0.1) is 27.8 Å². The Morgan fingerprint density at radius 1 is 0.300 bits per heavy atom. The predicted octanol–water partition coefficient (Wildman–Crippen LogP) is 17.5. The first-order chi connectivity index (χ1) is 34.7. The van der Waals surface area contributed by atoms with Crippen molar-refractivity contribution in [2.75, 3.05) is 0 Å². The van der Waals surface area contributed by atoms with E-state index in [0.717, 1.165) is 50.0 Å². The van der Waals surface area contributed by atoms with E-state index >= 15 is 0 Å². The van der Waals surface area contributed by atoms with Crippen LogP contribution >= 0.6 is 22.7 Å². The van der Waals surface area contributed by atoms with Gasteiger partial charge in [-0.25, -0.2) is 15.0 Å². The average Bonchev–Trinajstić information content (AvgIpc) is 4.18. The fourth-order valence-electron chi connectivity index (χ4n) is 10.8. The van der Waals surface area contributed by atoms with Crippen LogP contribution in [-0.4, -0.2) is 24.1 Å². The molecule has 0 N–H and O–H groups in total. The highest BCUT2D eigenvalue weighted by Crippen LogP contribution is 2.44. The molecule has 0 unspecified atom stereocenters. The molecule has 0 atom stereocenters. The molecule has 5 heterocycles. The molecular formula is C63H37N5S2. The molecule has 5 nitrogen and oxygen atoms in total. The smallest absolute Gasteiger partial charge is 0.164 e. The van der Waals surface area contributed by atoms with Crippen LogP contribution in [0, 0.1) is 0 Å². The lowest BCUT2D eigenvalue weighted by Crippen LogP contribution is -2.01. The van der Waals surface area contributed by atoms with E-state index in [9.17, 15) is 0 Å². The summed E-state index contributed by atoms with van der Waals surface area (Å²) in [5, 5.41) is 9.77. The van der Waals surface area contributed by atoms with Crippen LogP contribution in [0.15, 0.2) is 224 Å². The summed E-state index contributed by atoms with van der Waals surface area (Å²) in [5.74, 6) is 1.89. The van der Waals surface area contributed by atoms with E-state index in [2.05, 4.69) is 234 Å². The van der Waals surface area contributed by atoms with E-state index in [-0.39, 0.29) is 0 Å². The van der Waals surface area contributed by atoms with Crippen molar-refractivity contribution in [3.63, 3.8) is 0 Å². The molecule has 10 aromatic carbocycles. The molecule has 15 aromatic rings. The Kier molecular flexibility index (Phi) is 8.63. The van der Waals surface area contributed by atoms with Gasteiger partial charge in [0.2, 0.25) is 0 Å². The molecule has 7 heteroatoms. The average molecular weight is 928 g/mol. The fourth-order valence-corrected chi connectivity index (χ4v) is 13.2. The zero-order valence-corrected chi connectivity index (χ0v) is 39.0. The Hall–Kier alpha value is -8.75. The number of hydrogen-bond donors (Lipinski definition) is 0. The molecule has 5 aromatic heterocycles. The maximum absolute atomic E-state index is 5.39. The number of nitrogens with zero attached hydrogens (tertiary/aromatic N) is 5. The lowest BCUT2D eigenvalue weighted by atomic mass is 9.99. The first-order valence-corrected chi connectivity index (χ1v) is 25.1. The predicted molar refractivity (Wildman–Crippen MR) is 296 cm³/mol. The third-order valence-corrected chi connectivity index (χ3v) is 16.2. The number of hydrogen-bond acceptors (Lipinski definition) is 5. The van der Waals surface area contributed by atoms with Gasteiger partial charge < -0.3 is 9.13 Å².